The normalized spacial score (nSPS) is 10.7. The molecule has 0 saturated heterocycles. The Hall–Kier alpha value is -0.920. The summed E-state index contributed by atoms with van der Waals surface area (Å²) in [5, 5.41) is 0. The predicted molar refractivity (Wildman–Crippen MR) is 58.2 cm³/mol. The van der Waals surface area contributed by atoms with Crippen LogP contribution in [0.1, 0.15) is 52.4 Å². The topological polar surface area (TPSA) is 34.1 Å². The van der Waals surface area contributed by atoms with Crippen LogP contribution in [0.25, 0.3) is 0 Å². The maximum absolute atomic E-state index is 11.1. The zero-order valence-corrected chi connectivity index (χ0v) is 9.21. The molecular formula is C12H20O2. The molecule has 0 spiro atoms. The quantitative estimate of drug-likeness (QED) is 0.559. The Kier molecular flexibility index (Phi) is 8.10. The molecule has 0 unspecified atom stereocenters. The molecule has 0 aromatic heterocycles. The molecule has 0 saturated carbocycles. The summed E-state index contributed by atoms with van der Waals surface area (Å²) in [7, 11) is 0. The van der Waals surface area contributed by atoms with Crippen molar-refractivity contribution in [1.82, 2.24) is 0 Å². The second-order valence-electron chi connectivity index (χ2n) is 3.47. The Morgan fingerprint density at radius 2 is 1.21 bits per heavy atom. The number of allylic oxidation sites excluding steroid dienone is 2. The van der Waals surface area contributed by atoms with E-state index in [-0.39, 0.29) is 11.6 Å². The van der Waals surface area contributed by atoms with Gasteiger partial charge in [0.15, 0.2) is 11.6 Å². The minimum atomic E-state index is 0.0664. The van der Waals surface area contributed by atoms with E-state index in [1.165, 1.54) is 12.2 Å². The van der Waals surface area contributed by atoms with Gasteiger partial charge in [-0.15, -0.1) is 0 Å². The molecule has 0 rings (SSSR count). The van der Waals surface area contributed by atoms with Crippen LogP contribution in [-0.4, -0.2) is 11.6 Å². The van der Waals surface area contributed by atoms with Crippen LogP contribution in [0.5, 0.6) is 0 Å². The third kappa shape index (κ3) is 7.71. The maximum atomic E-state index is 11.1. The highest BCUT2D eigenvalue weighted by Crippen LogP contribution is 1.99. The summed E-state index contributed by atoms with van der Waals surface area (Å²) in [6, 6.07) is 0. The van der Waals surface area contributed by atoms with Gasteiger partial charge >= 0.3 is 0 Å². The van der Waals surface area contributed by atoms with Crippen molar-refractivity contribution < 1.29 is 9.59 Å². The van der Waals surface area contributed by atoms with Crippen molar-refractivity contribution in [2.45, 2.75) is 52.4 Å². The second kappa shape index (κ2) is 8.67. The molecule has 0 aromatic rings. The molecule has 0 N–H and O–H groups in total. The molecule has 2 nitrogen and oxygen atoms in total. The van der Waals surface area contributed by atoms with Crippen molar-refractivity contribution in [3.05, 3.63) is 12.2 Å². The van der Waals surface area contributed by atoms with Crippen molar-refractivity contribution in [2.75, 3.05) is 0 Å². The van der Waals surface area contributed by atoms with Crippen LogP contribution in [0.2, 0.25) is 0 Å². The summed E-state index contributed by atoms with van der Waals surface area (Å²) in [6.45, 7) is 4.09. The van der Waals surface area contributed by atoms with Gasteiger partial charge in [0, 0.05) is 12.8 Å². The van der Waals surface area contributed by atoms with Gasteiger partial charge in [-0.3, -0.25) is 9.59 Å². The summed E-state index contributed by atoms with van der Waals surface area (Å²) in [5.41, 5.74) is 0. The lowest BCUT2D eigenvalue weighted by Gasteiger charge is -1.93. The van der Waals surface area contributed by atoms with E-state index in [1.54, 1.807) is 0 Å². The van der Waals surface area contributed by atoms with E-state index in [2.05, 4.69) is 0 Å². The first-order valence-electron chi connectivity index (χ1n) is 5.44. The van der Waals surface area contributed by atoms with Crippen LogP contribution < -0.4 is 0 Å². The van der Waals surface area contributed by atoms with Crippen LogP contribution in [0.15, 0.2) is 12.2 Å². The fourth-order valence-corrected chi connectivity index (χ4v) is 1.05. The monoisotopic (exact) mass is 196 g/mol. The Morgan fingerprint density at radius 1 is 0.857 bits per heavy atom. The Balaban J connectivity index is 3.68. The average Bonchev–Trinajstić information content (AvgIpc) is 2.20. The van der Waals surface area contributed by atoms with Gasteiger partial charge in [0.2, 0.25) is 0 Å². The number of rotatable bonds is 8. The van der Waals surface area contributed by atoms with Crippen LogP contribution in [0, 0.1) is 0 Å². The second-order valence-corrected chi connectivity index (χ2v) is 3.47. The number of unbranched alkanes of at least 4 members (excludes halogenated alkanes) is 2. The van der Waals surface area contributed by atoms with Crippen molar-refractivity contribution in [3.63, 3.8) is 0 Å². The molecule has 14 heavy (non-hydrogen) atoms. The van der Waals surface area contributed by atoms with Crippen molar-refractivity contribution >= 4 is 11.6 Å². The molecule has 0 atom stereocenters. The molecule has 0 aliphatic rings. The van der Waals surface area contributed by atoms with Crippen LogP contribution in [-0.2, 0) is 9.59 Å². The third-order valence-electron chi connectivity index (χ3n) is 2.01. The highest BCUT2D eigenvalue weighted by atomic mass is 16.1. The fraction of sp³-hybridized carbons (Fsp3) is 0.667. The van der Waals surface area contributed by atoms with Crippen molar-refractivity contribution in [2.24, 2.45) is 0 Å². The van der Waals surface area contributed by atoms with Crippen molar-refractivity contribution in [3.8, 4) is 0 Å². The predicted octanol–water partition coefficient (Wildman–Crippen LogP) is 3.06. The zero-order valence-electron chi connectivity index (χ0n) is 9.21. The Labute approximate surface area is 86.4 Å². The van der Waals surface area contributed by atoms with Gasteiger partial charge in [-0.25, -0.2) is 0 Å². The van der Waals surface area contributed by atoms with E-state index in [9.17, 15) is 9.59 Å². The van der Waals surface area contributed by atoms with E-state index in [4.69, 9.17) is 0 Å². The largest absolute Gasteiger partial charge is 0.295 e. The van der Waals surface area contributed by atoms with Crippen LogP contribution >= 0.6 is 0 Å². The minimum absolute atomic E-state index is 0.0664. The summed E-state index contributed by atoms with van der Waals surface area (Å²) >= 11 is 0. The minimum Gasteiger partial charge on any atom is -0.295 e. The van der Waals surface area contributed by atoms with Crippen LogP contribution in [0.3, 0.4) is 0 Å². The lowest BCUT2D eigenvalue weighted by Crippen LogP contribution is -1.96. The molecule has 0 radical (unpaired) electrons. The molecule has 2 heteroatoms. The number of hydrogen-bond donors (Lipinski definition) is 0. The van der Waals surface area contributed by atoms with Crippen molar-refractivity contribution in [1.29, 1.82) is 0 Å². The average molecular weight is 196 g/mol. The third-order valence-corrected chi connectivity index (χ3v) is 2.01. The van der Waals surface area contributed by atoms with Gasteiger partial charge < -0.3 is 0 Å². The number of carbonyl (C=O) groups is 2. The molecule has 0 aromatic carbocycles. The standard InChI is InChI=1S/C12H20O2/c1-3-5-7-11(13)9-10-12(14)8-6-4-2/h9-10H,3-8H2,1-2H3/b10-9+. The van der Waals surface area contributed by atoms with Gasteiger partial charge in [-0.2, -0.15) is 0 Å². The van der Waals surface area contributed by atoms with Crippen LogP contribution in [0.4, 0.5) is 0 Å². The highest BCUT2D eigenvalue weighted by Gasteiger charge is 1.98. The molecule has 0 aliphatic carbocycles. The first-order valence-corrected chi connectivity index (χ1v) is 5.44. The van der Waals surface area contributed by atoms with E-state index < -0.39 is 0 Å². The number of hydrogen-bond acceptors (Lipinski definition) is 2. The molecule has 0 heterocycles. The van der Waals surface area contributed by atoms with Gasteiger partial charge in [0.1, 0.15) is 0 Å². The Morgan fingerprint density at radius 3 is 1.50 bits per heavy atom. The lowest BCUT2D eigenvalue weighted by atomic mass is 10.1. The van der Waals surface area contributed by atoms with E-state index >= 15 is 0 Å². The summed E-state index contributed by atoms with van der Waals surface area (Å²) in [6.07, 6.45) is 7.83. The molecule has 0 aliphatic heterocycles. The summed E-state index contributed by atoms with van der Waals surface area (Å²) < 4.78 is 0. The lowest BCUT2D eigenvalue weighted by molar-refractivity contribution is -0.116. The first-order chi connectivity index (χ1) is 6.70. The number of ketones is 2. The first kappa shape index (κ1) is 13.1. The number of carbonyl (C=O) groups excluding carboxylic acids is 2. The molecule has 0 fully saturated rings. The molecule has 0 amide bonds. The smallest absolute Gasteiger partial charge is 0.155 e. The molecular weight excluding hydrogens is 176 g/mol. The molecule has 80 valence electrons. The SMILES string of the molecule is CCCCC(=O)/C=C/C(=O)CCCC. The van der Waals surface area contributed by atoms with Gasteiger partial charge in [0.05, 0.1) is 0 Å². The van der Waals surface area contributed by atoms with E-state index in [0.29, 0.717) is 12.8 Å². The summed E-state index contributed by atoms with van der Waals surface area (Å²) in [5.74, 6) is 0.133. The van der Waals surface area contributed by atoms with Gasteiger partial charge in [-0.05, 0) is 25.0 Å². The highest BCUT2D eigenvalue weighted by molar-refractivity contribution is 5.98. The van der Waals surface area contributed by atoms with Gasteiger partial charge in [0.25, 0.3) is 0 Å². The van der Waals surface area contributed by atoms with E-state index in [1.807, 2.05) is 13.8 Å². The van der Waals surface area contributed by atoms with E-state index in [0.717, 1.165) is 25.7 Å². The Bertz CT molecular complexity index is 182. The fourth-order valence-electron chi connectivity index (χ4n) is 1.05. The zero-order chi connectivity index (χ0) is 10.8. The maximum Gasteiger partial charge on any atom is 0.155 e. The van der Waals surface area contributed by atoms with Gasteiger partial charge in [-0.1, -0.05) is 26.7 Å². The summed E-state index contributed by atoms with van der Waals surface area (Å²) in [4.78, 5) is 22.3. The molecule has 0 bridgehead atoms.